The highest BCUT2D eigenvalue weighted by Crippen LogP contribution is 2.43. The fourth-order valence-corrected chi connectivity index (χ4v) is 3.60. The summed E-state index contributed by atoms with van der Waals surface area (Å²) in [6.45, 7) is 0.746. The highest BCUT2D eigenvalue weighted by molar-refractivity contribution is 5.74. The number of hydrogen-bond donors (Lipinski definition) is 1. The SMILES string of the molecule is Cc1ccc(C2C(C#N)=C(N)Oc3cc(OC(=O)COc4c(F)c(F)c(F)c(F)c4F)ccc32)cc1. The van der Waals surface area contributed by atoms with Crippen molar-refractivity contribution in [3.63, 3.8) is 0 Å². The molecule has 0 aliphatic carbocycles. The smallest absolute Gasteiger partial charge is 0.349 e. The normalized spacial score (nSPS) is 14.5. The van der Waals surface area contributed by atoms with Gasteiger partial charge in [0.2, 0.25) is 35.0 Å². The minimum atomic E-state index is -2.36. The second kappa shape index (κ2) is 9.58. The maximum atomic E-state index is 13.7. The van der Waals surface area contributed by atoms with Crippen molar-refractivity contribution in [1.29, 1.82) is 5.26 Å². The minimum absolute atomic E-state index is 0.0874. The minimum Gasteiger partial charge on any atom is -0.476 e. The third-order valence-corrected chi connectivity index (χ3v) is 5.34. The lowest BCUT2D eigenvalue weighted by Crippen LogP contribution is -2.22. The predicted octanol–water partition coefficient (Wildman–Crippen LogP) is 4.89. The van der Waals surface area contributed by atoms with Crippen LogP contribution in [-0.2, 0) is 4.79 Å². The van der Waals surface area contributed by atoms with Crippen LogP contribution >= 0.6 is 0 Å². The van der Waals surface area contributed by atoms with Gasteiger partial charge in [-0.15, -0.1) is 0 Å². The lowest BCUT2D eigenvalue weighted by atomic mass is 9.83. The number of benzene rings is 3. The highest BCUT2D eigenvalue weighted by Gasteiger charge is 2.31. The number of allylic oxidation sites excluding steroid dienone is 1. The van der Waals surface area contributed by atoms with Crippen LogP contribution in [0.3, 0.4) is 0 Å². The Hall–Kier alpha value is -4.59. The van der Waals surface area contributed by atoms with Crippen molar-refractivity contribution in [2.75, 3.05) is 6.61 Å². The standard InChI is InChI=1S/C25H15F5N2O4/c1-11-2-4-12(5-3-11)18-14-7-6-13(8-16(14)36-25(32)15(18)9-31)35-17(33)10-34-24-22(29)20(27)19(26)21(28)23(24)30/h2-8,18H,10,32H2,1H3. The molecule has 0 amide bonds. The molecule has 11 heteroatoms. The van der Waals surface area contributed by atoms with Crippen LogP contribution in [0.1, 0.15) is 22.6 Å². The summed E-state index contributed by atoms with van der Waals surface area (Å²) < 4.78 is 82.2. The molecule has 0 spiro atoms. The molecule has 1 unspecified atom stereocenters. The Morgan fingerprint density at radius 2 is 1.61 bits per heavy atom. The third-order valence-electron chi connectivity index (χ3n) is 5.34. The number of halogens is 5. The first-order valence-corrected chi connectivity index (χ1v) is 10.2. The van der Waals surface area contributed by atoms with Gasteiger partial charge in [0.05, 0.1) is 5.92 Å². The van der Waals surface area contributed by atoms with Gasteiger partial charge in [-0.1, -0.05) is 35.9 Å². The summed E-state index contributed by atoms with van der Waals surface area (Å²) in [6.07, 6.45) is 0. The Labute approximate surface area is 200 Å². The molecule has 0 aromatic heterocycles. The van der Waals surface area contributed by atoms with Crippen LogP contribution in [0, 0.1) is 47.3 Å². The molecule has 1 aliphatic heterocycles. The van der Waals surface area contributed by atoms with Crippen molar-refractivity contribution in [2.24, 2.45) is 5.73 Å². The van der Waals surface area contributed by atoms with Gasteiger partial charge in [-0.05, 0) is 18.6 Å². The molecule has 0 fully saturated rings. The monoisotopic (exact) mass is 502 g/mol. The van der Waals surface area contributed by atoms with E-state index in [0.717, 1.165) is 11.1 Å². The van der Waals surface area contributed by atoms with Crippen LogP contribution in [0.5, 0.6) is 17.2 Å². The molecular weight excluding hydrogens is 487 g/mol. The van der Waals surface area contributed by atoms with Gasteiger partial charge < -0.3 is 19.9 Å². The van der Waals surface area contributed by atoms with E-state index in [9.17, 15) is 32.0 Å². The fraction of sp³-hybridized carbons (Fsp3) is 0.120. The molecule has 1 aliphatic rings. The van der Waals surface area contributed by atoms with E-state index in [1.165, 1.54) is 18.2 Å². The van der Waals surface area contributed by atoms with Crippen LogP contribution in [0.15, 0.2) is 53.9 Å². The largest absolute Gasteiger partial charge is 0.476 e. The number of esters is 1. The predicted molar refractivity (Wildman–Crippen MR) is 114 cm³/mol. The molecule has 1 heterocycles. The van der Waals surface area contributed by atoms with E-state index in [1.54, 1.807) is 0 Å². The number of aryl methyl sites for hydroxylation is 1. The summed E-state index contributed by atoms with van der Waals surface area (Å²) in [5.41, 5.74) is 8.46. The molecule has 36 heavy (non-hydrogen) atoms. The van der Waals surface area contributed by atoms with Crippen LogP contribution in [-0.4, -0.2) is 12.6 Å². The summed E-state index contributed by atoms with van der Waals surface area (Å²) in [6, 6.07) is 13.7. The molecule has 0 saturated heterocycles. The van der Waals surface area contributed by atoms with Crippen LogP contribution in [0.25, 0.3) is 0 Å². The summed E-state index contributed by atoms with van der Waals surface area (Å²) >= 11 is 0. The molecular formula is C25H15F5N2O4. The molecule has 0 saturated carbocycles. The molecule has 3 aromatic rings. The van der Waals surface area contributed by atoms with Gasteiger partial charge in [-0.3, -0.25) is 0 Å². The number of fused-ring (bicyclic) bond motifs is 1. The van der Waals surface area contributed by atoms with E-state index in [0.29, 0.717) is 5.56 Å². The van der Waals surface area contributed by atoms with Crippen molar-refractivity contribution in [2.45, 2.75) is 12.8 Å². The maximum Gasteiger partial charge on any atom is 0.349 e. The number of rotatable bonds is 5. The quantitative estimate of drug-likeness (QED) is 0.176. The lowest BCUT2D eigenvalue weighted by molar-refractivity contribution is -0.136. The second-order valence-electron chi connectivity index (χ2n) is 7.70. The van der Waals surface area contributed by atoms with Crippen LogP contribution in [0.4, 0.5) is 22.0 Å². The fourth-order valence-electron chi connectivity index (χ4n) is 3.60. The molecule has 0 bridgehead atoms. The average Bonchev–Trinajstić information content (AvgIpc) is 2.86. The maximum absolute atomic E-state index is 13.7. The Morgan fingerprint density at radius 3 is 2.22 bits per heavy atom. The van der Waals surface area contributed by atoms with Crippen molar-refractivity contribution in [1.82, 2.24) is 0 Å². The molecule has 2 N–H and O–H groups in total. The number of ether oxygens (including phenoxy) is 3. The number of nitrogens with two attached hydrogens (primary N) is 1. The zero-order valence-corrected chi connectivity index (χ0v) is 18.4. The number of nitriles is 1. The van der Waals surface area contributed by atoms with Crippen molar-refractivity contribution in [3.8, 4) is 23.3 Å². The Balaban J connectivity index is 1.55. The first-order valence-electron chi connectivity index (χ1n) is 10.2. The molecule has 4 rings (SSSR count). The first kappa shape index (κ1) is 24.5. The van der Waals surface area contributed by atoms with Crippen LogP contribution < -0.4 is 19.9 Å². The summed E-state index contributed by atoms with van der Waals surface area (Å²) in [5, 5.41) is 9.62. The summed E-state index contributed by atoms with van der Waals surface area (Å²) in [5.74, 6) is -14.6. The van der Waals surface area contributed by atoms with Gasteiger partial charge in [0.25, 0.3) is 0 Å². The lowest BCUT2D eigenvalue weighted by Gasteiger charge is -2.26. The van der Waals surface area contributed by atoms with Gasteiger partial charge in [-0.2, -0.15) is 14.0 Å². The zero-order valence-electron chi connectivity index (χ0n) is 18.4. The molecule has 6 nitrogen and oxygen atoms in total. The number of hydrogen-bond acceptors (Lipinski definition) is 6. The van der Waals surface area contributed by atoms with Crippen molar-refractivity contribution < 1.29 is 41.0 Å². The molecule has 3 aromatic carbocycles. The number of carbonyl (C=O) groups is 1. The van der Waals surface area contributed by atoms with E-state index in [2.05, 4.69) is 4.74 Å². The van der Waals surface area contributed by atoms with Crippen molar-refractivity contribution in [3.05, 3.63) is 99.7 Å². The highest BCUT2D eigenvalue weighted by atomic mass is 19.2. The van der Waals surface area contributed by atoms with Gasteiger partial charge in [0.1, 0.15) is 23.1 Å². The Morgan fingerprint density at radius 1 is 1.00 bits per heavy atom. The van der Waals surface area contributed by atoms with Gasteiger partial charge in [0, 0.05) is 11.6 Å². The molecule has 0 radical (unpaired) electrons. The summed E-state index contributed by atoms with van der Waals surface area (Å²) in [4.78, 5) is 12.1. The Bertz CT molecular complexity index is 1420. The van der Waals surface area contributed by atoms with Crippen LogP contribution in [0.2, 0.25) is 0 Å². The molecule has 1 atom stereocenters. The summed E-state index contributed by atoms with van der Waals surface area (Å²) in [7, 11) is 0. The van der Waals surface area contributed by atoms with E-state index in [1.807, 2.05) is 37.3 Å². The Kier molecular flexibility index (Phi) is 6.53. The first-order chi connectivity index (χ1) is 17.1. The average molecular weight is 502 g/mol. The molecule has 184 valence electrons. The van der Waals surface area contributed by atoms with Gasteiger partial charge >= 0.3 is 5.97 Å². The topological polar surface area (TPSA) is 94.6 Å². The third kappa shape index (κ3) is 4.40. The zero-order chi connectivity index (χ0) is 26.1. The second-order valence-corrected chi connectivity index (χ2v) is 7.70. The number of carbonyl (C=O) groups excluding carboxylic acids is 1. The van der Waals surface area contributed by atoms with E-state index in [4.69, 9.17) is 15.2 Å². The van der Waals surface area contributed by atoms with Gasteiger partial charge in [0.15, 0.2) is 12.4 Å². The van der Waals surface area contributed by atoms with Gasteiger partial charge in [-0.25, -0.2) is 18.0 Å². The van der Waals surface area contributed by atoms with E-state index >= 15 is 0 Å². The van der Waals surface area contributed by atoms with E-state index < -0.39 is 53.3 Å². The van der Waals surface area contributed by atoms with Crippen molar-refractivity contribution >= 4 is 5.97 Å². The number of nitrogens with zero attached hydrogens (tertiary/aromatic N) is 1. The van der Waals surface area contributed by atoms with E-state index in [-0.39, 0.29) is 23.0 Å².